The van der Waals surface area contributed by atoms with E-state index in [1.54, 1.807) is 7.11 Å². The van der Waals surface area contributed by atoms with Crippen molar-refractivity contribution >= 4 is 11.8 Å². The molecular formula is C20H30N2O4. The molecule has 144 valence electrons. The summed E-state index contributed by atoms with van der Waals surface area (Å²) in [5.74, 6) is 1.47. The molecular weight excluding hydrogens is 332 g/mol. The fraction of sp³-hybridized carbons (Fsp3) is 0.600. The maximum absolute atomic E-state index is 12.4. The first-order valence-corrected chi connectivity index (χ1v) is 9.15. The van der Waals surface area contributed by atoms with Crippen molar-refractivity contribution in [3.8, 4) is 11.5 Å². The molecule has 0 aliphatic carbocycles. The molecule has 1 atom stereocenters. The van der Waals surface area contributed by atoms with Crippen molar-refractivity contribution in [2.75, 3.05) is 33.4 Å². The third-order valence-electron chi connectivity index (χ3n) is 4.45. The summed E-state index contributed by atoms with van der Waals surface area (Å²) >= 11 is 0. The molecule has 1 aromatic rings. The smallest absolute Gasteiger partial charge is 0.227 e. The summed E-state index contributed by atoms with van der Waals surface area (Å²) < 4.78 is 10.7. The topological polar surface area (TPSA) is 67.9 Å². The van der Waals surface area contributed by atoms with Crippen molar-refractivity contribution in [3.63, 3.8) is 0 Å². The minimum absolute atomic E-state index is 0.00487. The zero-order valence-corrected chi connectivity index (χ0v) is 16.2. The molecule has 0 bridgehead atoms. The van der Waals surface area contributed by atoms with E-state index in [0.29, 0.717) is 19.7 Å². The molecule has 26 heavy (non-hydrogen) atoms. The first-order valence-electron chi connectivity index (χ1n) is 9.15. The Bertz CT molecular complexity index is 607. The first kappa shape index (κ1) is 20.1. The second kappa shape index (κ2) is 8.92. The van der Waals surface area contributed by atoms with E-state index < -0.39 is 5.41 Å². The van der Waals surface area contributed by atoms with Crippen LogP contribution >= 0.6 is 0 Å². The lowest BCUT2D eigenvalue weighted by molar-refractivity contribution is -0.142. The molecule has 2 rings (SSSR count). The molecule has 1 heterocycles. The Balaban J connectivity index is 1.74. The number of hydrogen-bond donors (Lipinski definition) is 1. The molecule has 1 N–H and O–H groups in total. The Hall–Kier alpha value is -2.24. The fourth-order valence-electron chi connectivity index (χ4n) is 3.01. The third kappa shape index (κ3) is 5.64. The van der Waals surface area contributed by atoms with Gasteiger partial charge in [-0.25, -0.2) is 0 Å². The minimum Gasteiger partial charge on any atom is -0.497 e. The van der Waals surface area contributed by atoms with Gasteiger partial charge < -0.3 is 19.7 Å². The quantitative estimate of drug-likeness (QED) is 0.790. The van der Waals surface area contributed by atoms with Gasteiger partial charge in [-0.05, 0) is 37.1 Å². The Labute approximate surface area is 155 Å². The van der Waals surface area contributed by atoms with E-state index in [-0.39, 0.29) is 17.7 Å². The summed E-state index contributed by atoms with van der Waals surface area (Å²) in [6, 6.07) is 7.32. The average molecular weight is 362 g/mol. The van der Waals surface area contributed by atoms with Crippen molar-refractivity contribution in [2.24, 2.45) is 11.3 Å². The fourth-order valence-corrected chi connectivity index (χ4v) is 3.01. The van der Waals surface area contributed by atoms with Crippen molar-refractivity contribution in [3.05, 3.63) is 24.3 Å². The molecule has 0 aromatic heterocycles. The number of amides is 2. The predicted molar refractivity (Wildman–Crippen MR) is 100 cm³/mol. The van der Waals surface area contributed by atoms with Gasteiger partial charge in [0.25, 0.3) is 0 Å². The van der Waals surface area contributed by atoms with Crippen LogP contribution in [0.3, 0.4) is 0 Å². The highest BCUT2D eigenvalue weighted by atomic mass is 16.5. The van der Waals surface area contributed by atoms with E-state index in [1.165, 1.54) is 0 Å². The van der Waals surface area contributed by atoms with Crippen LogP contribution in [0.4, 0.5) is 0 Å². The van der Waals surface area contributed by atoms with Crippen molar-refractivity contribution in [2.45, 2.75) is 33.6 Å². The van der Waals surface area contributed by atoms with Crippen LogP contribution in [0.2, 0.25) is 0 Å². The van der Waals surface area contributed by atoms with Gasteiger partial charge in [0.2, 0.25) is 11.8 Å². The average Bonchev–Trinajstić information content (AvgIpc) is 2.64. The van der Waals surface area contributed by atoms with Gasteiger partial charge in [-0.3, -0.25) is 9.59 Å². The third-order valence-corrected chi connectivity index (χ3v) is 4.45. The molecule has 1 aliphatic rings. The van der Waals surface area contributed by atoms with Crippen molar-refractivity contribution in [1.82, 2.24) is 10.2 Å². The molecule has 0 saturated carbocycles. The predicted octanol–water partition coefficient (Wildman–Crippen LogP) is 2.47. The minimum atomic E-state index is -0.412. The molecule has 1 aliphatic heterocycles. The van der Waals surface area contributed by atoms with Crippen LogP contribution < -0.4 is 14.8 Å². The van der Waals surface area contributed by atoms with Gasteiger partial charge in [-0.1, -0.05) is 20.8 Å². The number of rotatable bonds is 6. The highest BCUT2D eigenvalue weighted by Crippen LogP contribution is 2.23. The van der Waals surface area contributed by atoms with E-state index >= 15 is 0 Å². The summed E-state index contributed by atoms with van der Waals surface area (Å²) in [5, 5.41) is 2.92. The molecule has 6 nitrogen and oxygen atoms in total. The molecule has 1 unspecified atom stereocenters. The number of piperidine rings is 1. The van der Waals surface area contributed by atoms with Gasteiger partial charge in [0.15, 0.2) is 0 Å². The van der Waals surface area contributed by atoms with Crippen molar-refractivity contribution < 1.29 is 19.1 Å². The largest absolute Gasteiger partial charge is 0.497 e. The van der Waals surface area contributed by atoms with Gasteiger partial charge in [0.1, 0.15) is 18.1 Å². The molecule has 0 spiro atoms. The SMILES string of the molecule is COc1ccc(OCCNC(=O)C2CCCN(C(=O)C(C)(C)C)C2)cc1. The number of likely N-dealkylation sites (tertiary alicyclic amines) is 1. The maximum atomic E-state index is 12.4. The number of carbonyl (C=O) groups is 2. The Morgan fingerprint density at radius 1 is 1.19 bits per heavy atom. The van der Waals surface area contributed by atoms with Crippen molar-refractivity contribution in [1.29, 1.82) is 0 Å². The normalized spacial score (nSPS) is 17.5. The molecule has 1 fully saturated rings. The zero-order chi connectivity index (χ0) is 19.2. The van der Waals surface area contributed by atoms with Crippen LogP contribution in [-0.4, -0.2) is 50.1 Å². The van der Waals surface area contributed by atoms with E-state index in [1.807, 2.05) is 49.9 Å². The van der Waals surface area contributed by atoms with Crippen LogP contribution in [0.1, 0.15) is 33.6 Å². The molecule has 1 saturated heterocycles. The van der Waals surface area contributed by atoms with Crippen LogP contribution in [0, 0.1) is 11.3 Å². The van der Waals surface area contributed by atoms with Gasteiger partial charge in [0.05, 0.1) is 19.6 Å². The Morgan fingerprint density at radius 3 is 2.46 bits per heavy atom. The number of methoxy groups -OCH3 is 1. The molecule has 6 heteroatoms. The number of ether oxygens (including phenoxy) is 2. The van der Waals surface area contributed by atoms with Gasteiger partial charge in [-0.15, -0.1) is 0 Å². The van der Waals surface area contributed by atoms with Gasteiger partial charge in [-0.2, -0.15) is 0 Å². The molecule has 0 radical (unpaired) electrons. The van der Waals surface area contributed by atoms with E-state index in [2.05, 4.69) is 5.32 Å². The lowest BCUT2D eigenvalue weighted by Gasteiger charge is -2.35. The van der Waals surface area contributed by atoms with Gasteiger partial charge >= 0.3 is 0 Å². The molecule has 2 amide bonds. The second-order valence-corrected chi connectivity index (χ2v) is 7.66. The summed E-state index contributed by atoms with van der Waals surface area (Å²) in [5.41, 5.74) is -0.412. The van der Waals surface area contributed by atoms with E-state index in [4.69, 9.17) is 9.47 Å². The van der Waals surface area contributed by atoms with Crippen LogP contribution in [-0.2, 0) is 9.59 Å². The molecule has 1 aromatic carbocycles. The standard InChI is InChI=1S/C20H30N2O4/c1-20(2,3)19(24)22-12-5-6-15(14-22)18(23)21-11-13-26-17-9-7-16(25-4)8-10-17/h7-10,15H,5-6,11-14H2,1-4H3,(H,21,23). The van der Waals surface area contributed by atoms with Crippen LogP contribution in [0.5, 0.6) is 11.5 Å². The number of nitrogens with zero attached hydrogens (tertiary/aromatic N) is 1. The lowest BCUT2D eigenvalue weighted by atomic mass is 9.91. The number of hydrogen-bond acceptors (Lipinski definition) is 4. The number of carbonyl (C=O) groups excluding carboxylic acids is 2. The number of benzene rings is 1. The monoisotopic (exact) mass is 362 g/mol. The lowest BCUT2D eigenvalue weighted by Crippen LogP contribution is -2.49. The zero-order valence-electron chi connectivity index (χ0n) is 16.2. The highest BCUT2D eigenvalue weighted by molar-refractivity contribution is 5.83. The summed E-state index contributed by atoms with van der Waals surface area (Å²) in [7, 11) is 1.62. The maximum Gasteiger partial charge on any atom is 0.227 e. The highest BCUT2D eigenvalue weighted by Gasteiger charge is 2.33. The van der Waals surface area contributed by atoms with E-state index in [9.17, 15) is 9.59 Å². The number of nitrogens with one attached hydrogen (secondary N) is 1. The van der Waals surface area contributed by atoms with E-state index in [0.717, 1.165) is 30.9 Å². The first-order chi connectivity index (χ1) is 12.3. The Morgan fingerprint density at radius 2 is 1.85 bits per heavy atom. The van der Waals surface area contributed by atoms with Crippen LogP contribution in [0.25, 0.3) is 0 Å². The van der Waals surface area contributed by atoms with Gasteiger partial charge in [0, 0.05) is 18.5 Å². The summed E-state index contributed by atoms with van der Waals surface area (Å²) in [4.78, 5) is 26.6. The summed E-state index contributed by atoms with van der Waals surface area (Å²) in [6.07, 6.45) is 1.68. The van der Waals surface area contributed by atoms with Crippen LogP contribution in [0.15, 0.2) is 24.3 Å². The Kier molecular flexibility index (Phi) is 6.89. The summed E-state index contributed by atoms with van der Waals surface area (Å²) in [6.45, 7) is 7.81. The second-order valence-electron chi connectivity index (χ2n) is 7.66.